The number of aromatic nitrogens is 1. The minimum Gasteiger partial charge on any atom is -0.306 e. The summed E-state index contributed by atoms with van der Waals surface area (Å²) in [5.41, 5.74) is 5.03. The number of hydrogen-bond acceptors (Lipinski definition) is 3. The molecule has 1 fully saturated rings. The molecule has 0 aliphatic carbocycles. The minimum absolute atomic E-state index is 0.669. The molecule has 24 heavy (non-hydrogen) atoms. The van der Waals surface area contributed by atoms with Crippen molar-refractivity contribution in [2.75, 3.05) is 26.7 Å². The number of nitrogens with zero attached hydrogens (tertiary/aromatic N) is 3. The average Bonchev–Trinajstić information content (AvgIpc) is 2.62. The fourth-order valence-electron chi connectivity index (χ4n) is 3.94. The number of pyridine rings is 1. The van der Waals surface area contributed by atoms with Gasteiger partial charge in [0.25, 0.3) is 0 Å². The molecule has 0 amide bonds. The van der Waals surface area contributed by atoms with Crippen LogP contribution in [0.4, 0.5) is 0 Å². The third-order valence-electron chi connectivity index (χ3n) is 5.70. The summed E-state index contributed by atoms with van der Waals surface area (Å²) in [5, 5.41) is 1.26. The highest BCUT2D eigenvalue weighted by atomic mass is 15.1. The second-order valence-electron chi connectivity index (χ2n) is 7.68. The molecule has 0 unspecified atom stereocenters. The maximum atomic E-state index is 4.78. The van der Waals surface area contributed by atoms with Gasteiger partial charge in [0.1, 0.15) is 0 Å². The Kier molecular flexibility index (Phi) is 4.36. The van der Waals surface area contributed by atoms with Crippen LogP contribution in [0.2, 0.25) is 0 Å². The predicted octanol–water partition coefficient (Wildman–Crippen LogP) is 4.26. The van der Waals surface area contributed by atoms with Crippen molar-refractivity contribution in [1.29, 1.82) is 0 Å². The average molecular weight is 321 g/mol. The molecule has 0 spiro atoms. The largest absolute Gasteiger partial charge is 0.306 e. The molecule has 1 atom stereocenters. The molecule has 1 aromatic carbocycles. The molecule has 3 heterocycles. The van der Waals surface area contributed by atoms with Gasteiger partial charge in [-0.3, -0.25) is 9.98 Å². The van der Waals surface area contributed by atoms with E-state index in [4.69, 9.17) is 9.98 Å². The zero-order valence-electron chi connectivity index (χ0n) is 14.8. The van der Waals surface area contributed by atoms with Crippen molar-refractivity contribution in [3.8, 4) is 0 Å². The Morgan fingerprint density at radius 3 is 2.67 bits per heavy atom. The molecule has 126 valence electrons. The summed E-state index contributed by atoms with van der Waals surface area (Å²) in [4.78, 5) is 12.0. The fraction of sp³-hybridized carbons (Fsp3) is 0.524. The maximum absolute atomic E-state index is 4.78. The van der Waals surface area contributed by atoms with Gasteiger partial charge in [-0.25, -0.2) is 0 Å². The van der Waals surface area contributed by atoms with Crippen LogP contribution in [-0.2, 0) is 0 Å². The van der Waals surface area contributed by atoms with Crippen LogP contribution >= 0.6 is 0 Å². The van der Waals surface area contributed by atoms with Gasteiger partial charge >= 0.3 is 0 Å². The van der Waals surface area contributed by atoms with Crippen LogP contribution < -0.4 is 0 Å². The smallest absolute Gasteiger partial charge is 0.0708 e. The van der Waals surface area contributed by atoms with Crippen LogP contribution in [0.3, 0.4) is 0 Å². The lowest BCUT2D eigenvalue weighted by Crippen LogP contribution is -2.29. The zero-order valence-corrected chi connectivity index (χ0v) is 14.8. The molecular weight excluding hydrogens is 294 g/mol. The van der Waals surface area contributed by atoms with Gasteiger partial charge in [0, 0.05) is 23.8 Å². The summed E-state index contributed by atoms with van der Waals surface area (Å²) < 4.78 is 0. The molecule has 2 aliphatic rings. The van der Waals surface area contributed by atoms with Crippen molar-refractivity contribution in [2.24, 2.45) is 10.9 Å². The zero-order chi connectivity index (χ0) is 16.5. The topological polar surface area (TPSA) is 28.5 Å². The van der Waals surface area contributed by atoms with Crippen molar-refractivity contribution < 1.29 is 0 Å². The molecule has 2 aromatic rings. The molecule has 3 heteroatoms. The monoisotopic (exact) mass is 321 g/mol. The molecule has 1 aromatic heterocycles. The van der Waals surface area contributed by atoms with E-state index in [1.807, 2.05) is 0 Å². The Morgan fingerprint density at radius 2 is 1.92 bits per heavy atom. The Labute approximate surface area is 144 Å². The summed E-state index contributed by atoms with van der Waals surface area (Å²) >= 11 is 0. The van der Waals surface area contributed by atoms with Crippen molar-refractivity contribution in [2.45, 2.75) is 38.5 Å². The van der Waals surface area contributed by atoms with Gasteiger partial charge in [-0.1, -0.05) is 19.1 Å². The fourth-order valence-corrected chi connectivity index (χ4v) is 3.94. The van der Waals surface area contributed by atoms with Gasteiger partial charge in [0.2, 0.25) is 0 Å². The van der Waals surface area contributed by atoms with Crippen LogP contribution in [-0.4, -0.2) is 42.3 Å². The number of likely N-dealkylation sites (tertiary alicyclic amines) is 1. The molecule has 3 nitrogen and oxygen atoms in total. The highest BCUT2D eigenvalue weighted by Crippen LogP contribution is 2.29. The first-order valence-corrected chi connectivity index (χ1v) is 9.31. The first-order valence-electron chi connectivity index (χ1n) is 9.31. The SMILES string of the molecule is C[C@H]1CCC(c2ccc3cc(C4CCN(C)CC4)cnc3c2)=NC1. The minimum atomic E-state index is 0.669. The quantitative estimate of drug-likeness (QED) is 0.826. The van der Waals surface area contributed by atoms with E-state index in [0.29, 0.717) is 5.92 Å². The van der Waals surface area contributed by atoms with Crippen LogP contribution in [0.15, 0.2) is 35.5 Å². The van der Waals surface area contributed by atoms with Crippen molar-refractivity contribution in [3.05, 3.63) is 41.6 Å². The van der Waals surface area contributed by atoms with Crippen LogP contribution in [0.1, 0.15) is 49.7 Å². The lowest BCUT2D eigenvalue weighted by molar-refractivity contribution is 0.255. The Balaban J connectivity index is 1.59. The molecule has 4 rings (SSSR count). The van der Waals surface area contributed by atoms with E-state index in [1.54, 1.807) is 0 Å². The first kappa shape index (κ1) is 15.8. The summed E-state index contributed by atoms with van der Waals surface area (Å²) in [6.07, 6.45) is 6.94. The number of fused-ring (bicyclic) bond motifs is 1. The highest BCUT2D eigenvalue weighted by molar-refractivity contribution is 6.03. The third-order valence-corrected chi connectivity index (χ3v) is 5.70. The van der Waals surface area contributed by atoms with E-state index in [9.17, 15) is 0 Å². The molecule has 0 bridgehead atoms. The number of hydrogen-bond donors (Lipinski definition) is 0. The van der Waals surface area contributed by atoms with E-state index in [-0.39, 0.29) is 0 Å². The lowest BCUT2D eigenvalue weighted by atomic mass is 9.89. The summed E-state index contributed by atoms with van der Waals surface area (Å²) in [6, 6.07) is 9.05. The highest BCUT2D eigenvalue weighted by Gasteiger charge is 2.19. The van der Waals surface area contributed by atoms with Gasteiger partial charge in [-0.05, 0) is 80.9 Å². The number of rotatable bonds is 2. The lowest BCUT2D eigenvalue weighted by Gasteiger charge is -2.29. The molecule has 1 saturated heterocycles. The second-order valence-corrected chi connectivity index (χ2v) is 7.68. The van der Waals surface area contributed by atoms with Crippen LogP contribution in [0.25, 0.3) is 10.9 Å². The summed E-state index contributed by atoms with van der Waals surface area (Å²) in [6.45, 7) is 5.64. The molecule has 0 saturated carbocycles. The number of aliphatic imine (C=N–C) groups is 1. The first-order chi connectivity index (χ1) is 11.7. The summed E-state index contributed by atoms with van der Waals surface area (Å²) in [5.74, 6) is 1.39. The van der Waals surface area contributed by atoms with Crippen molar-refractivity contribution >= 4 is 16.6 Å². The summed E-state index contributed by atoms with van der Waals surface area (Å²) in [7, 11) is 2.21. The molecule has 2 aliphatic heterocycles. The third kappa shape index (κ3) is 3.23. The predicted molar refractivity (Wildman–Crippen MR) is 101 cm³/mol. The van der Waals surface area contributed by atoms with E-state index in [2.05, 4.69) is 49.3 Å². The standard InChI is InChI=1S/C21H27N3/c1-15-3-6-20(22-13-15)18-5-4-17-11-19(14-23-21(17)12-18)16-7-9-24(2)10-8-16/h4-5,11-12,14-16H,3,6-10,13H2,1-2H3/t15-/m0/s1. The van der Waals surface area contributed by atoms with Crippen LogP contribution in [0.5, 0.6) is 0 Å². The Bertz CT molecular complexity index is 757. The maximum Gasteiger partial charge on any atom is 0.0708 e. The Morgan fingerprint density at radius 1 is 1.08 bits per heavy atom. The van der Waals surface area contributed by atoms with Crippen LogP contribution in [0, 0.1) is 5.92 Å². The van der Waals surface area contributed by atoms with Gasteiger partial charge < -0.3 is 4.90 Å². The molecule has 0 radical (unpaired) electrons. The van der Waals surface area contributed by atoms with Gasteiger partial charge in [0.15, 0.2) is 0 Å². The van der Waals surface area contributed by atoms with Gasteiger partial charge in [-0.2, -0.15) is 0 Å². The molecule has 0 N–H and O–H groups in total. The normalized spacial score (nSPS) is 23.4. The van der Waals surface area contributed by atoms with Crippen molar-refractivity contribution in [1.82, 2.24) is 9.88 Å². The second kappa shape index (κ2) is 6.64. The molecular formula is C21H27N3. The Hall–Kier alpha value is -1.74. The van der Waals surface area contributed by atoms with E-state index < -0.39 is 0 Å². The van der Waals surface area contributed by atoms with E-state index >= 15 is 0 Å². The number of benzene rings is 1. The van der Waals surface area contributed by atoms with E-state index in [1.165, 1.54) is 54.6 Å². The van der Waals surface area contributed by atoms with Crippen molar-refractivity contribution in [3.63, 3.8) is 0 Å². The van der Waals surface area contributed by atoms with Gasteiger partial charge in [-0.15, -0.1) is 0 Å². The number of piperidine rings is 1. The van der Waals surface area contributed by atoms with E-state index in [0.717, 1.165) is 24.4 Å². The van der Waals surface area contributed by atoms with Gasteiger partial charge in [0.05, 0.1) is 5.52 Å².